The molecule has 0 saturated carbocycles. The Morgan fingerprint density at radius 3 is 2.39 bits per heavy atom. The Hall–Kier alpha value is -4.02. The number of methoxy groups -OCH3 is 1. The van der Waals surface area contributed by atoms with Crippen molar-refractivity contribution in [2.24, 2.45) is 0 Å². The van der Waals surface area contributed by atoms with Crippen molar-refractivity contribution in [2.45, 2.75) is 4.90 Å². The molecule has 6 nitrogen and oxygen atoms in total. The van der Waals surface area contributed by atoms with Crippen LogP contribution in [0.5, 0.6) is 5.75 Å². The summed E-state index contributed by atoms with van der Waals surface area (Å²) in [7, 11) is -2.34. The number of rotatable bonds is 4. The van der Waals surface area contributed by atoms with Crippen molar-refractivity contribution in [3.05, 3.63) is 100 Å². The van der Waals surface area contributed by atoms with Crippen LogP contribution in [0.15, 0.2) is 93.2 Å². The van der Waals surface area contributed by atoms with Gasteiger partial charge in [0.15, 0.2) is 0 Å². The maximum absolute atomic E-state index is 12.9. The lowest BCUT2D eigenvalue weighted by Crippen LogP contribution is -2.14. The maximum Gasteiger partial charge on any atom is 0.263 e. The molecule has 1 N–H and O–H groups in total. The Morgan fingerprint density at radius 2 is 1.61 bits per heavy atom. The molecule has 0 aliphatic carbocycles. The van der Waals surface area contributed by atoms with E-state index in [0.29, 0.717) is 22.4 Å². The molecule has 1 aromatic heterocycles. The van der Waals surface area contributed by atoms with Crippen LogP contribution in [-0.4, -0.2) is 15.5 Å². The number of sulfonamides is 1. The lowest BCUT2D eigenvalue weighted by atomic mass is 10.1. The minimum Gasteiger partial charge on any atom is -0.497 e. The van der Waals surface area contributed by atoms with Gasteiger partial charge in [0.25, 0.3) is 10.0 Å². The predicted octanol–water partition coefficient (Wildman–Crippen LogP) is 4.00. The summed E-state index contributed by atoms with van der Waals surface area (Å²) in [4.78, 5) is 12.8. The minimum atomic E-state index is -3.87. The van der Waals surface area contributed by atoms with Crippen LogP contribution in [0.2, 0.25) is 0 Å². The summed E-state index contributed by atoms with van der Waals surface area (Å²) >= 11 is 0. The second-order valence-electron chi connectivity index (χ2n) is 6.56. The third-order valence-corrected chi connectivity index (χ3v) is 5.96. The van der Waals surface area contributed by atoms with E-state index in [0.717, 1.165) is 0 Å². The largest absolute Gasteiger partial charge is 0.497 e. The number of hydrogen-bond donors (Lipinski definition) is 1. The van der Waals surface area contributed by atoms with Crippen molar-refractivity contribution in [3.8, 4) is 17.6 Å². The molecule has 0 amide bonds. The first-order valence-electron chi connectivity index (χ1n) is 9.26. The molecule has 0 bridgehead atoms. The van der Waals surface area contributed by atoms with Crippen LogP contribution in [0.25, 0.3) is 11.0 Å². The van der Waals surface area contributed by atoms with Crippen molar-refractivity contribution in [2.75, 3.05) is 11.8 Å². The molecule has 7 heteroatoms. The normalized spacial score (nSPS) is 10.9. The van der Waals surface area contributed by atoms with Crippen molar-refractivity contribution in [3.63, 3.8) is 0 Å². The Morgan fingerprint density at radius 1 is 0.903 bits per heavy atom. The van der Waals surface area contributed by atoms with E-state index in [1.807, 2.05) is 0 Å². The monoisotopic (exact) mass is 431 g/mol. The lowest BCUT2D eigenvalue weighted by Gasteiger charge is -2.09. The van der Waals surface area contributed by atoms with E-state index < -0.39 is 10.0 Å². The fraction of sp³-hybridized carbons (Fsp3) is 0.0417. The Kier molecular flexibility index (Phi) is 5.48. The van der Waals surface area contributed by atoms with Crippen LogP contribution in [0.4, 0.5) is 5.69 Å². The number of fused-ring (bicyclic) bond motifs is 1. The van der Waals surface area contributed by atoms with Gasteiger partial charge in [-0.1, -0.05) is 42.2 Å². The summed E-state index contributed by atoms with van der Waals surface area (Å²) in [5.41, 5.74) is 0.904. The molecule has 154 valence electrons. The number of ether oxygens (including phenoxy) is 1. The van der Waals surface area contributed by atoms with E-state index in [-0.39, 0.29) is 21.5 Å². The van der Waals surface area contributed by atoms with E-state index >= 15 is 0 Å². The lowest BCUT2D eigenvalue weighted by molar-refractivity contribution is 0.414. The molecular weight excluding hydrogens is 414 g/mol. The Labute approximate surface area is 179 Å². The fourth-order valence-electron chi connectivity index (χ4n) is 2.98. The Balaban J connectivity index is 1.73. The second kappa shape index (κ2) is 8.38. The number of para-hydroxylation sites is 1. The van der Waals surface area contributed by atoms with Crippen LogP contribution < -0.4 is 14.9 Å². The summed E-state index contributed by atoms with van der Waals surface area (Å²) in [5, 5.41) is 0.360. The van der Waals surface area contributed by atoms with Gasteiger partial charge in [-0.2, -0.15) is 0 Å². The smallest absolute Gasteiger partial charge is 0.263 e. The van der Waals surface area contributed by atoms with Gasteiger partial charge in [-0.3, -0.25) is 9.52 Å². The zero-order valence-corrected chi connectivity index (χ0v) is 17.3. The summed E-state index contributed by atoms with van der Waals surface area (Å²) in [6, 6.07) is 19.8. The molecular formula is C24H17NO5S. The molecule has 0 spiro atoms. The molecule has 0 unspecified atom stereocenters. The molecule has 4 aromatic rings. The number of nitrogens with one attached hydrogen (secondary N) is 1. The quantitative estimate of drug-likeness (QED) is 0.494. The highest BCUT2D eigenvalue weighted by molar-refractivity contribution is 7.92. The van der Waals surface area contributed by atoms with Crippen molar-refractivity contribution < 1.29 is 17.6 Å². The summed E-state index contributed by atoms with van der Waals surface area (Å²) < 4.78 is 38.9. The third-order valence-electron chi connectivity index (χ3n) is 4.52. The van der Waals surface area contributed by atoms with E-state index in [2.05, 4.69) is 16.6 Å². The number of hydrogen-bond acceptors (Lipinski definition) is 5. The van der Waals surface area contributed by atoms with Gasteiger partial charge >= 0.3 is 0 Å². The van der Waals surface area contributed by atoms with Gasteiger partial charge in [0.05, 0.1) is 12.5 Å². The molecule has 0 atom stereocenters. The summed E-state index contributed by atoms with van der Waals surface area (Å²) in [6.45, 7) is 0. The number of benzene rings is 3. The highest BCUT2D eigenvalue weighted by Gasteiger charge is 2.17. The van der Waals surface area contributed by atoms with Gasteiger partial charge < -0.3 is 9.15 Å². The van der Waals surface area contributed by atoms with Crippen molar-refractivity contribution in [1.82, 2.24) is 0 Å². The average molecular weight is 431 g/mol. The van der Waals surface area contributed by atoms with Gasteiger partial charge in [-0.25, -0.2) is 8.42 Å². The standard InChI is InChI=1S/C24H17NO5S/c1-29-20-13-14-21-22(15-20)30-16-18(24(21)26)12-11-17-7-5-6-10-23(17)31(27,28)25-19-8-3-2-4-9-19/h2-10,13-16,25H,1H3. The van der Waals surface area contributed by atoms with Crippen LogP contribution >= 0.6 is 0 Å². The molecule has 0 aliphatic rings. The second-order valence-corrected chi connectivity index (χ2v) is 8.21. The van der Waals surface area contributed by atoms with E-state index in [1.165, 1.54) is 19.4 Å². The van der Waals surface area contributed by atoms with Gasteiger partial charge in [0.1, 0.15) is 28.1 Å². The van der Waals surface area contributed by atoms with Gasteiger partial charge in [0.2, 0.25) is 5.43 Å². The molecule has 0 radical (unpaired) electrons. The first-order chi connectivity index (χ1) is 15.0. The topological polar surface area (TPSA) is 85.6 Å². The molecule has 31 heavy (non-hydrogen) atoms. The van der Waals surface area contributed by atoms with Crippen molar-refractivity contribution in [1.29, 1.82) is 0 Å². The van der Waals surface area contributed by atoms with Crippen LogP contribution in [0.3, 0.4) is 0 Å². The van der Waals surface area contributed by atoms with Crippen molar-refractivity contribution >= 4 is 26.7 Å². The highest BCUT2D eigenvalue weighted by Crippen LogP contribution is 2.20. The minimum absolute atomic E-state index is 0.0151. The van der Waals surface area contributed by atoms with Crippen LogP contribution in [0.1, 0.15) is 11.1 Å². The fourth-order valence-corrected chi connectivity index (χ4v) is 4.20. The van der Waals surface area contributed by atoms with Gasteiger partial charge in [0, 0.05) is 17.3 Å². The first-order valence-corrected chi connectivity index (χ1v) is 10.7. The first kappa shape index (κ1) is 20.3. The van der Waals surface area contributed by atoms with Gasteiger partial charge in [-0.15, -0.1) is 0 Å². The zero-order valence-electron chi connectivity index (χ0n) is 16.5. The molecule has 3 aromatic carbocycles. The predicted molar refractivity (Wildman–Crippen MR) is 119 cm³/mol. The molecule has 1 heterocycles. The zero-order chi connectivity index (χ0) is 21.8. The van der Waals surface area contributed by atoms with E-state index in [1.54, 1.807) is 66.7 Å². The molecule has 0 fully saturated rings. The average Bonchev–Trinajstić information content (AvgIpc) is 2.79. The van der Waals surface area contributed by atoms with E-state index in [9.17, 15) is 13.2 Å². The third kappa shape index (κ3) is 4.29. The summed E-state index contributed by atoms with van der Waals surface area (Å²) in [6.07, 6.45) is 1.26. The summed E-state index contributed by atoms with van der Waals surface area (Å²) in [5.74, 6) is 6.11. The number of anilines is 1. The highest BCUT2D eigenvalue weighted by atomic mass is 32.2. The SMILES string of the molecule is COc1ccc2c(=O)c(C#Cc3ccccc3S(=O)(=O)Nc3ccccc3)coc2c1. The molecule has 4 rings (SSSR count). The molecule has 0 aliphatic heterocycles. The molecule has 0 saturated heterocycles. The maximum atomic E-state index is 12.9. The van der Waals surface area contributed by atoms with Crippen LogP contribution in [0, 0.1) is 11.8 Å². The van der Waals surface area contributed by atoms with E-state index in [4.69, 9.17) is 9.15 Å². The van der Waals surface area contributed by atoms with Crippen LogP contribution in [-0.2, 0) is 10.0 Å². The van der Waals surface area contributed by atoms with Gasteiger partial charge in [-0.05, 0) is 36.4 Å². The Bertz CT molecular complexity index is 1480.